The van der Waals surface area contributed by atoms with Crippen molar-refractivity contribution < 1.29 is 17.9 Å². The number of esters is 1. The molecule has 1 aliphatic heterocycles. The molecule has 0 radical (unpaired) electrons. The molecule has 3 rings (SSSR count). The Morgan fingerprint density at radius 3 is 2.31 bits per heavy atom. The molecule has 0 unspecified atom stereocenters. The highest BCUT2D eigenvalue weighted by atomic mass is 32.2. The summed E-state index contributed by atoms with van der Waals surface area (Å²) >= 11 is 0. The van der Waals surface area contributed by atoms with E-state index in [1.165, 1.54) is 4.31 Å². The number of morpholine rings is 1. The molecule has 0 saturated carbocycles. The maximum atomic E-state index is 13.3. The van der Waals surface area contributed by atoms with Gasteiger partial charge in [0, 0.05) is 0 Å². The standard InChI is InChI=1S/C20H21NO4S/c1-14(2)18-13-21(26(23,24)17-11-9-15(3)10-12-17)19(20(22)25-18)16-7-5-4-6-8-16/h4-12,18-19H,1,13H2,2-3H3/t18-,19-/m1/s1. The average Bonchev–Trinajstić information content (AvgIpc) is 2.62. The summed E-state index contributed by atoms with van der Waals surface area (Å²) in [4.78, 5) is 12.8. The molecule has 0 aliphatic carbocycles. The molecule has 2 atom stereocenters. The van der Waals surface area contributed by atoms with Gasteiger partial charge in [-0.3, -0.25) is 0 Å². The highest BCUT2D eigenvalue weighted by Crippen LogP contribution is 2.34. The first kappa shape index (κ1) is 18.4. The molecule has 0 aromatic heterocycles. The Balaban J connectivity index is 2.09. The molecule has 6 heteroatoms. The third kappa shape index (κ3) is 3.43. The number of ether oxygens (including phenoxy) is 1. The summed E-state index contributed by atoms with van der Waals surface area (Å²) in [7, 11) is -3.88. The monoisotopic (exact) mass is 371 g/mol. The number of aryl methyl sites for hydroxylation is 1. The number of nitrogens with zero attached hydrogens (tertiary/aromatic N) is 1. The zero-order valence-corrected chi connectivity index (χ0v) is 15.6. The van der Waals surface area contributed by atoms with Crippen molar-refractivity contribution in [2.24, 2.45) is 0 Å². The summed E-state index contributed by atoms with van der Waals surface area (Å²) in [5.41, 5.74) is 2.14. The summed E-state index contributed by atoms with van der Waals surface area (Å²) in [6, 6.07) is 14.4. The van der Waals surface area contributed by atoms with Crippen molar-refractivity contribution >= 4 is 16.0 Å². The highest BCUT2D eigenvalue weighted by Gasteiger charge is 2.44. The van der Waals surface area contributed by atoms with Gasteiger partial charge >= 0.3 is 5.97 Å². The van der Waals surface area contributed by atoms with E-state index in [4.69, 9.17) is 4.74 Å². The SMILES string of the molecule is C=C(C)[C@H]1CN(S(=O)(=O)c2ccc(C)cc2)[C@H](c2ccccc2)C(=O)O1. The number of benzene rings is 2. The second kappa shape index (κ2) is 7.05. The van der Waals surface area contributed by atoms with Gasteiger partial charge in [0.05, 0.1) is 11.4 Å². The van der Waals surface area contributed by atoms with Crippen LogP contribution in [0, 0.1) is 6.92 Å². The third-order valence-electron chi connectivity index (χ3n) is 4.41. The molecule has 2 aromatic carbocycles. The van der Waals surface area contributed by atoms with Gasteiger partial charge in [0.1, 0.15) is 12.1 Å². The first-order valence-electron chi connectivity index (χ1n) is 8.30. The number of carbonyl (C=O) groups excluding carboxylic acids is 1. The highest BCUT2D eigenvalue weighted by molar-refractivity contribution is 7.89. The Hall–Kier alpha value is -2.44. The fourth-order valence-corrected chi connectivity index (χ4v) is 4.47. The Morgan fingerprint density at radius 1 is 1.12 bits per heavy atom. The Labute approximate surface area is 154 Å². The van der Waals surface area contributed by atoms with Gasteiger partial charge in [-0.2, -0.15) is 4.31 Å². The molecule has 2 aromatic rings. The predicted molar refractivity (Wildman–Crippen MR) is 98.9 cm³/mol. The van der Waals surface area contributed by atoms with Gasteiger partial charge in [-0.1, -0.05) is 54.6 Å². The molecule has 1 fully saturated rings. The van der Waals surface area contributed by atoms with E-state index < -0.39 is 28.1 Å². The van der Waals surface area contributed by atoms with E-state index in [9.17, 15) is 13.2 Å². The van der Waals surface area contributed by atoms with E-state index in [1.54, 1.807) is 55.5 Å². The summed E-state index contributed by atoms with van der Waals surface area (Å²) < 4.78 is 33.2. The van der Waals surface area contributed by atoms with Gasteiger partial charge < -0.3 is 4.74 Å². The number of hydrogen-bond donors (Lipinski definition) is 0. The fraction of sp³-hybridized carbons (Fsp3) is 0.250. The van der Waals surface area contributed by atoms with Crippen LogP contribution in [-0.2, 0) is 19.6 Å². The molecule has 1 aliphatic rings. The molecule has 0 spiro atoms. The first-order valence-corrected chi connectivity index (χ1v) is 9.74. The van der Waals surface area contributed by atoms with Crippen molar-refractivity contribution in [1.82, 2.24) is 4.31 Å². The van der Waals surface area contributed by atoms with Crippen LogP contribution in [-0.4, -0.2) is 31.3 Å². The van der Waals surface area contributed by atoms with Crippen LogP contribution >= 0.6 is 0 Å². The van der Waals surface area contributed by atoms with E-state index in [-0.39, 0.29) is 11.4 Å². The van der Waals surface area contributed by atoms with Crippen LogP contribution in [0.15, 0.2) is 71.6 Å². The van der Waals surface area contributed by atoms with Crippen molar-refractivity contribution in [3.8, 4) is 0 Å². The average molecular weight is 371 g/mol. The molecular formula is C20H21NO4S. The lowest BCUT2D eigenvalue weighted by molar-refractivity contribution is -0.159. The molecule has 26 heavy (non-hydrogen) atoms. The number of hydrogen-bond acceptors (Lipinski definition) is 4. The van der Waals surface area contributed by atoms with Gasteiger partial charge in [-0.15, -0.1) is 0 Å². The Morgan fingerprint density at radius 2 is 1.73 bits per heavy atom. The Bertz CT molecular complexity index is 920. The minimum absolute atomic E-state index is 0.0385. The lowest BCUT2D eigenvalue weighted by Gasteiger charge is -2.37. The van der Waals surface area contributed by atoms with Crippen LogP contribution in [0.25, 0.3) is 0 Å². The van der Waals surface area contributed by atoms with Crippen molar-refractivity contribution in [1.29, 1.82) is 0 Å². The number of sulfonamides is 1. The van der Waals surface area contributed by atoms with E-state index >= 15 is 0 Å². The quantitative estimate of drug-likeness (QED) is 0.611. The second-order valence-electron chi connectivity index (χ2n) is 6.47. The lowest BCUT2D eigenvalue weighted by atomic mass is 10.0. The van der Waals surface area contributed by atoms with Crippen LogP contribution in [0.2, 0.25) is 0 Å². The van der Waals surface area contributed by atoms with Crippen molar-refractivity contribution in [2.45, 2.75) is 30.9 Å². The number of carbonyl (C=O) groups is 1. The third-order valence-corrected chi connectivity index (χ3v) is 6.25. The molecular weight excluding hydrogens is 350 g/mol. The summed E-state index contributed by atoms with van der Waals surface area (Å²) in [6.07, 6.45) is -0.664. The maximum Gasteiger partial charge on any atom is 0.329 e. The maximum absolute atomic E-state index is 13.3. The largest absolute Gasteiger partial charge is 0.455 e. The second-order valence-corrected chi connectivity index (χ2v) is 8.36. The van der Waals surface area contributed by atoms with E-state index in [0.717, 1.165) is 5.56 Å². The van der Waals surface area contributed by atoms with Crippen molar-refractivity contribution in [3.63, 3.8) is 0 Å². The fourth-order valence-electron chi connectivity index (χ4n) is 2.90. The van der Waals surface area contributed by atoms with Crippen molar-refractivity contribution in [3.05, 3.63) is 77.9 Å². The van der Waals surface area contributed by atoms with Crippen LogP contribution in [0.3, 0.4) is 0 Å². The minimum atomic E-state index is -3.88. The van der Waals surface area contributed by atoms with E-state index in [1.807, 2.05) is 13.0 Å². The topological polar surface area (TPSA) is 63.7 Å². The van der Waals surface area contributed by atoms with Gasteiger partial charge in [0.15, 0.2) is 0 Å². The lowest BCUT2D eigenvalue weighted by Crippen LogP contribution is -2.50. The van der Waals surface area contributed by atoms with Crippen LogP contribution in [0.4, 0.5) is 0 Å². The first-order chi connectivity index (χ1) is 12.3. The van der Waals surface area contributed by atoms with Gasteiger partial charge in [-0.05, 0) is 37.1 Å². The van der Waals surface area contributed by atoms with Crippen molar-refractivity contribution in [2.75, 3.05) is 6.54 Å². The molecule has 136 valence electrons. The predicted octanol–water partition coefficient (Wildman–Crippen LogP) is 3.23. The van der Waals surface area contributed by atoms with Crippen LogP contribution < -0.4 is 0 Å². The van der Waals surface area contributed by atoms with Gasteiger partial charge in [0.2, 0.25) is 10.0 Å². The minimum Gasteiger partial charge on any atom is -0.455 e. The van der Waals surface area contributed by atoms with Gasteiger partial charge in [-0.25, -0.2) is 13.2 Å². The summed E-state index contributed by atoms with van der Waals surface area (Å²) in [5.74, 6) is -0.592. The van der Waals surface area contributed by atoms with E-state index in [0.29, 0.717) is 11.1 Å². The van der Waals surface area contributed by atoms with Crippen LogP contribution in [0.1, 0.15) is 24.1 Å². The normalized spacial score (nSPS) is 21.2. The molecule has 5 nitrogen and oxygen atoms in total. The summed E-state index contributed by atoms with van der Waals surface area (Å²) in [6.45, 7) is 7.46. The zero-order valence-electron chi connectivity index (χ0n) is 14.8. The Kier molecular flexibility index (Phi) is 4.98. The molecule has 1 heterocycles. The molecule has 0 bridgehead atoms. The number of rotatable bonds is 4. The molecule has 0 N–H and O–H groups in total. The van der Waals surface area contributed by atoms with E-state index in [2.05, 4.69) is 6.58 Å². The van der Waals surface area contributed by atoms with Crippen LogP contribution in [0.5, 0.6) is 0 Å². The number of cyclic esters (lactones) is 1. The smallest absolute Gasteiger partial charge is 0.329 e. The zero-order chi connectivity index (χ0) is 18.9. The summed E-state index contributed by atoms with van der Waals surface area (Å²) in [5, 5.41) is 0. The molecule has 0 amide bonds. The van der Waals surface area contributed by atoms with Gasteiger partial charge in [0.25, 0.3) is 0 Å². The molecule has 1 saturated heterocycles.